The Labute approximate surface area is 110 Å². The maximum Gasteiger partial charge on any atom is 0.241 e. The summed E-state index contributed by atoms with van der Waals surface area (Å²) in [6, 6.07) is 10.6. The lowest BCUT2D eigenvalue weighted by atomic mass is 10.2. The summed E-state index contributed by atoms with van der Waals surface area (Å²) < 4.78 is 5.24. The van der Waals surface area contributed by atoms with Crippen LogP contribution in [0, 0.1) is 0 Å². The van der Waals surface area contributed by atoms with Gasteiger partial charge in [-0.3, -0.25) is 4.79 Å². The maximum atomic E-state index is 11.8. The van der Waals surface area contributed by atoms with Gasteiger partial charge in [0.2, 0.25) is 5.91 Å². The molecule has 2 N–H and O–H groups in total. The van der Waals surface area contributed by atoms with Crippen LogP contribution in [0.4, 0.5) is 5.69 Å². The Hall–Kier alpha value is -1.78. The highest BCUT2D eigenvalue weighted by Crippen LogP contribution is 2.20. The van der Waals surface area contributed by atoms with Gasteiger partial charge in [0.1, 0.15) is 5.76 Å². The van der Waals surface area contributed by atoms with E-state index in [9.17, 15) is 4.79 Å². The molecule has 0 saturated carbocycles. The van der Waals surface area contributed by atoms with Crippen molar-refractivity contribution in [3.8, 4) is 0 Å². The van der Waals surface area contributed by atoms with Crippen LogP contribution in [0.2, 0.25) is 5.02 Å². The van der Waals surface area contributed by atoms with Gasteiger partial charge in [0.25, 0.3) is 0 Å². The first-order chi connectivity index (χ1) is 8.70. The van der Waals surface area contributed by atoms with Crippen molar-refractivity contribution in [3.63, 3.8) is 0 Å². The van der Waals surface area contributed by atoms with E-state index in [1.54, 1.807) is 41.5 Å². The first-order valence-corrected chi connectivity index (χ1v) is 5.87. The molecule has 2 aromatic rings. The Bertz CT molecular complexity index is 508. The van der Waals surface area contributed by atoms with Gasteiger partial charge in [0.15, 0.2) is 0 Å². The number of nitrogens with zero attached hydrogens (tertiary/aromatic N) is 1. The van der Waals surface area contributed by atoms with Crippen molar-refractivity contribution in [1.29, 1.82) is 0 Å². The van der Waals surface area contributed by atoms with E-state index in [1.165, 1.54) is 0 Å². The first kappa shape index (κ1) is 12.7. The summed E-state index contributed by atoms with van der Waals surface area (Å²) in [6.45, 7) is 0.300. The molecule has 2 rings (SSSR count). The van der Waals surface area contributed by atoms with Crippen molar-refractivity contribution in [2.24, 2.45) is 5.73 Å². The summed E-state index contributed by atoms with van der Waals surface area (Å²) >= 11 is 5.83. The molecule has 0 aliphatic heterocycles. The molecule has 0 spiro atoms. The Morgan fingerprint density at radius 1 is 1.28 bits per heavy atom. The number of rotatable bonds is 4. The number of hydrogen-bond acceptors (Lipinski definition) is 3. The van der Waals surface area contributed by atoms with Crippen molar-refractivity contribution >= 4 is 23.2 Å². The third-order valence-corrected chi connectivity index (χ3v) is 2.76. The van der Waals surface area contributed by atoms with Gasteiger partial charge in [-0.1, -0.05) is 11.6 Å². The number of benzene rings is 1. The molecule has 1 aromatic heterocycles. The van der Waals surface area contributed by atoms with Gasteiger partial charge in [-0.2, -0.15) is 0 Å². The average molecular weight is 265 g/mol. The van der Waals surface area contributed by atoms with E-state index in [-0.39, 0.29) is 12.5 Å². The van der Waals surface area contributed by atoms with Crippen molar-refractivity contribution in [3.05, 3.63) is 53.4 Å². The van der Waals surface area contributed by atoms with E-state index in [0.717, 1.165) is 5.69 Å². The van der Waals surface area contributed by atoms with E-state index >= 15 is 0 Å². The standard InChI is InChI=1S/C13H13ClN2O2/c14-10-3-5-11(6-4-10)16(13(17)8-15)9-12-2-1-7-18-12/h1-7H,8-9,15H2. The van der Waals surface area contributed by atoms with Crippen molar-refractivity contribution in [2.75, 3.05) is 11.4 Å². The van der Waals surface area contributed by atoms with Crippen molar-refractivity contribution < 1.29 is 9.21 Å². The number of nitrogens with two attached hydrogens (primary N) is 1. The van der Waals surface area contributed by atoms with Crippen LogP contribution >= 0.6 is 11.6 Å². The second-order valence-corrected chi connectivity index (χ2v) is 4.18. The van der Waals surface area contributed by atoms with E-state index < -0.39 is 0 Å². The highest BCUT2D eigenvalue weighted by Gasteiger charge is 2.15. The molecule has 0 aliphatic rings. The van der Waals surface area contributed by atoms with Gasteiger partial charge in [-0.15, -0.1) is 0 Å². The molecule has 1 amide bonds. The Kier molecular flexibility index (Phi) is 4.02. The van der Waals surface area contributed by atoms with Gasteiger partial charge < -0.3 is 15.1 Å². The van der Waals surface area contributed by atoms with E-state index in [4.69, 9.17) is 21.8 Å². The Balaban J connectivity index is 2.25. The van der Waals surface area contributed by atoms with Gasteiger partial charge in [-0.25, -0.2) is 0 Å². The normalized spacial score (nSPS) is 10.3. The molecule has 0 bridgehead atoms. The minimum atomic E-state index is -0.172. The summed E-state index contributed by atoms with van der Waals surface area (Å²) in [6.07, 6.45) is 1.57. The third kappa shape index (κ3) is 2.91. The van der Waals surface area contributed by atoms with Crippen molar-refractivity contribution in [2.45, 2.75) is 6.54 Å². The summed E-state index contributed by atoms with van der Waals surface area (Å²) in [5.74, 6) is 0.528. The molecule has 94 valence electrons. The third-order valence-electron chi connectivity index (χ3n) is 2.51. The van der Waals surface area contributed by atoms with Crippen LogP contribution in [-0.2, 0) is 11.3 Å². The van der Waals surface area contributed by atoms with Gasteiger partial charge in [0.05, 0.1) is 19.4 Å². The van der Waals surface area contributed by atoms with Crippen LogP contribution in [-0.4, -0.2) is 12.5 Å². The number of hydrogen-bond donors (Lipinski definition) is 1. The average Bonchev–Trinajstić information content (AvgIpc) is 2.89. The fourth-order valence-corrected chi connectivity index (χ4v) is 1.74. The second-order valence-electron chi connectivity index (χ2n) is 3.74. The summed E-state index contributed by atoms with van der Waals surface area (Å²) in [7, 11) is 0. The number of halogens is 1. The van der Waals surface area contributed by atoms with E-state index in [2.05, 4.69) is 0 Å². The molecule has 0 radical (unpaired) electrons. The van der Waals surface area contributed by atoms with Crippen LogP contribution in [0.5, 0.6) is 0 Å². The lowest BCUT2D eigenvalue weighted by Gasteiger charge is -2.21. The molecule has 0 unspecified atom stereocenters. The Morgan fingerprint density at radius 3 is 2.56 bits per heavy atom. The SMILES string of the molecule is NCC(=O)N(Cc1ccco1)c1ccc(Cl)cc1. The fourth-order valence-electron chi connectivity index (χ4n) is 1.61. The number of carbonyl (C=O) groups is 1. The first-order valence-electron chi connectivity index (χ1n) is 5.49. The van der Waals surface area contributed by atoms with Crippen molar-refractivity contribution in [1.82, 2.24) is 0 Å². The number of carbonyl (C=O) groups excluding carboxylic acids is 1. The topological polar surface area (TPSA) is 59.5 Å². The highest BCUT2D eigenvalue weighted by atomic mass is 35.5. The molecular weight excluding hydrogens is 252 g/mol. The highest BCUT2D eigenvalue weighted by molar-refractivity contribution is 6.30. The zero-order chi connectivity index (χ0) is 13.0. The molecule has 1 heterocycles. The molecule has 18 heavy (non-hydrogen) atoms. The van der Waals surface area contributed by atoms with E-state index in [1.807, 2.05) is 6.07 Å². The largest absolute Gasteiger partial charge is 0.467 e. The quantitative estimate of drug-likeness (QED) is 0.923. The van der Waals surface area contributed by atoms with E-state index in [0.29, 0.717) is 17.3 Å². The summed E-state index contributed by atoms with van der Waals surface area (Å²) in [5, 5.41) is 0.622. The lowest BCUT2D eigenvalue weighted by Crippen LogP contribution is -2.35. The van der Waals surface area contributed by atoms with Crippen LogP contribution in [0.1, 0.15) is 5.76 Å². The predicted octanol–water partition coefficient (Wildman–Crippen LogP) is 2.42. The number of amides is 1. The maximum absolute atomic E-state index is 11.8. The van der Waals surface area contributed by atoms with Crippen LogP contribution in [0.15, 0.2) is 47.1 Å². The number of furan rings is 1. The van der Waals surface area contributed by atoms with Crippen LogP contribution in [0.3, 0.4) is 0 Å². The fraction of sp³-hybridized carbons (Fsp3) is 0.154. The second kappa shape index (κ2) is 5.71. The zero-order valence-corrected chi connectivity index (χ0v) is 10.4. The summed E-state index contributed by atoms with van der Waals surface area (Å²) in [4.78, 5) is 13.4. The lowest BCUT2D eigenvalue weighted by molar-refractivity contribution is -0.117. The molecule has 0 aliphatic carbocycles. The zero-order valence-electron chi connectivity index (χ0n) is 9.67. The molecular formula is C13H13ClN2O2. The Morgan fingerprint density at radius 2 is 2.00 bits per heavy atom. The monoisotopic (exact) mass is 264 g/mol. The molecule has 0 atom stereocenters. The minimum absolute atomic E-state index is 0.0522. The predicted molar refractivity (Wildman–Crippen MR) is 70.4 cm³/mol. The van der Waals surface area contributed by atoms with Gasteiger partial charge in [-0.05, 0) is 36.4 Å². The van der Waals surface area contributed by atoms with Crippen LogP contribution in [0.25, 0.3) is 0 Å². The molecule has 5 heteroatoms. The smallest absolute Gasteiger partial charge is 0.241 e. The molecule has 4 nitrogen and oxygen atoms in total. The molecule has 0 saturated heterocycles. The molecule has 1 aromatic carbocycles. The van der Waals surface area contributed by atoms with Gasteiger partial charge in [0, 0.05) is 10.7 Å². The summed E-state index contributed by atoms with van der Waals surface area (Å²) in [5.41, 5.74) is 6.16. The minimum Gasteiger partial charge on any atom is -0.467 e. The molecule has 0 fully saturated rings. The van der Waals surface area contributed by atoms with Gasteiger partial charge >= 0.3 is 0 Å². The van der Waals surface area contributed by atoms with Crippen LogP contribution < -0.4 is 10.6 Å². The number of anilines is 1.